The Morgan fingerprint density at radius 2 is 2.00 bits per heavy atom. The van der Waals surface area contributed by atoms with E-state index in [1.807, 2.05) is 11.3 Å². The monoisotopic (exact) mass is 256 g/mol. The van der Waals surface area contributed by atoms with E-state index in [0.717, 1.165) is 13.0 Å². The van der Waals surface area contributed by atoms with Gasteiger partial charge in [-0.05, 0) is 29.5 Å². The molecule has 2 heterocycles. The van der Waals surface area contributed by atoms with Gasteiger partial charge in [-0.25, -0.2) is 0 Å². The molecule has 2 nitrogen and oxygen atoms in total. The van der Waals surface area contributed by atoms with E-state index in [9.17, 15) is 0 Å². The predicted octanol–water partition coefficient (Wildman–Crippen LogP) is 3.40. The molecule has 0 radical (unpaired) electrons. The first-order chi connectivity index (χ1) is 8.88. The molecule has 3 aromatic rings. The molecule has 2 aromatic heterocycles. The first kappa shape index (κ1) is 11.5. The predicted molar refractivity (Wildman–Crippen MR) is 77.9 cm³/mol. The standard InChI is InChI=1S/C15H16N2S/c16-10-12-11-17(8-7-13-4-3-9-18-13)15-6-2-1-5-14(12)15/h1-6,9,11H,7-8,10,16H2. The van der Waals surface area contributed by atoms with Crippen LogP contribution in [-0.2, 0) is 19.5 Å². The molecule has 0 bridgehead atoms. The summed E-state index contributed by atoms with van der Waals surface area (Å²) in [6, 6.07) is 12.8. The van der Waals surface area contributed by atoms with Crippen molar-refractivity contribution >= 4 is 22.2 Å². The van der Waals surface area contributed by atoms with Crippen molar-refractivity contribution in [3.63, 3.8) is 0 Å². The Bertz CT molecular complexity index is 638. The minimum atomic E-state index is 0.604. The molecule has 0 aliphatic rings. The van der Waals surface area contributed by atoms with E-state index in [1.54, 1.807) is 0 Å². The van der Waals surface area contributed by atoms with E-state index >= 15 is 0 Å². The molecule has 0 aliphatic heterocycles. The summed E-state index contributed by atoms with van der Waals surface area (Å²) in [7, 11) is 0. The molecule has 0 atom stereocenters. The van der Waals surface area contributed by atoms with Crippen LogP contribution >= 0.6 is 11.3 Å². The van der Waals surface area contributed by atoms with Crippen LogP contribution in [0.25, 0.3) is 10.9 Å². The van der Waals surface area contributed by atoms with Crippen molar-refractivity contribution in [2.24, 2.45) is 5.73 Å². The molecule has 2 N–H and O–H groups in total. The maximum absolute atomic E-state index is 5.81. The summed E-state index contributed by atoms with van der Waals surface area (Å²) in [5.74, 6) is 0. The molecule has 0 unspecified atom stereocenters. The highest BCUT2D eigenvalue weighted by Crippen LogP contribution is 2.21. The van der Waals surface area contributed by atoms with Crippen LogP contribution < -0.4 is 5.73 Å². The van der Waals surface area contributed by atoms with Gasteiger partial charge in [0.15, 0.2) is 0 Å². The minimum Gasteiger partial charge on any atom is -0.347 e. The summed E-state index contributed by atoms with van der Waals surface area (Å²) in [4.78, 5) is 1.43. The van der Waals surface area contributed by atoms with Gasteiger partial charge in [0, 0.05) is 35.1 Å². The van der Waals surface area contributed by atoms with Crippen LogP contribution in [0.1, 0.15) is 10.4 Å². The van der Waals surface area contributed by atoms with Gasteiger partial charge in [-0.15, -0.1) is 11.3 Å². The fourth-order valence-corrected chi connectivity index (χ4v) is 3.05. The third kappa shape index (κ3) is 2.07. The zero-order valence-corrected chi connectivity index (χ0v) is 11.0. The number of rotatable bonds is 4. The largest absolute Gasteiger partial charge is 0.347 e. The maximum Gasteiger partial charge on any atom is 0.0483 e. The normalized spacial score (nSPS) is 11.2. The van der Waals surface area contributed by atoms with Crippen LogP contribution in [0.4, 0.5) is 0 Å². The first-order valence-electron chi connectivity index (χ1n) is 6.17. The Morgan fingerprint density at radius 1 is 1.11 bits per heavy atom. The lowest BCUT2D eigenvalue weighted by Crippen LogP contribution is -1.99. The molecule has 3 rings (SSSR count). The molecule has 0 amide bonds. The number of nitrogens with zero attached hydrogens (tertiary/aromatic N) is 1. The van der Waals surface area contributed by atoms with Crippen molar-refractivity contribution in [1.29, 1.82) is 0 Å². The van der Waals surface area contributed by atoms with Gasteiger partial charge in [0.1, 0.15) is 0 Å². The molecule has 92 valence electrons. The lowest BCUT2D eigenvalue weighted by atomic mass is 10.2. The summed E-state index contributed by atoms with van der Waals surface area (Å²) in [5, 5.41) is 3.42. The van der Waals surface area contributed by atoms with Crippen molar-refractivity contribution in [1.82, 2.24) is 4.57 Å². The number of benzene rings is 1. The summed E-state index contributed by atoms with van der Waals surface area (Å²) < 4.78 is 2.32. The number of fused-ring (bicyclic) bond motifs is 1. The average molecular weight is 256 g/mol. The minimum absolute atomic E-state index is 0.604. The van der Waals surface area contributed by atoms with Gasteiger partial charge in [0.05, 0.1) is 0 Å². The molecule has 0 aliphatic carbocycles. The van der Waals surface area contributed by atoms with E-state index < -0.39 is 0 Å². The zero-order valence-electron chi connectivity index (χ0n) is 10.2. The SMILES string of the molecule is NCc1cn(CCc2cccs2)c2ccccc12. The van der Waals surface area contributed by atoms with Gasteiger partial charge >= 0.3 is 0 Å². The van der Waals surface area contributed by atoms with Crippen LogP contribution in [0, 0.1) is 0 Å². The first-order valence-corrected chi connectivity index (χ1v) is 7.05. The van der Waals surface area contributed by atoms with E-state index in [1.165, 1.54) is 21.3 Å². The number of thiophene rings is 1. The zero-order chi connectivity index (χ0) is 12.4. The second kappa shape index (κ2) is 4.96. The smallest absolute Gasteiger partial charge is 0.0483 e. The maximum atomic E-state index is 5.81. The highest BCUT2D eigenvalue weighted by atomic mass is 32.1. The van der Waals surface area contributed by atoms with Gasteiger partial charge in [-0.3, -0.25) is 0 Å². The summed E-state index contributed by atoms with van der Waals surface area (Å²) in [6.07, 6.45) is 3.28. The van der Waals surface area contributed by atoms with Crippen LogP contribution in [-0.4, -0.2) is 4.57 Å². The topological polar surface area (TPSA) is 30.9 Å². The molecule has 3 heteroatoms. The van der Waals surface area contributed by atoms with Crippen LogP contribution in [0.15, 0.2) is 48.0 Å². The number of para-hydroxylation sites is 1. The molecular weight excluding hydrogens is 240 g/mol. The lowest BCUT2D eigenvalue weighted by Gasteiger charge is -2.03. The Balaban J connectivity index is 1.91. The second-order valence-electron chi connectivity index (χ2n) is 4.40. The van der Waals surface area contributed by atoms with E-state index in [-0.39, 0.29) is 0 Å². The molecule has 0 saturated carbocycles. The second-order valence-corrected chi connectivity index (χ2v) is 5.43. The average Bonchev–Trinajstić information content (AvgIpc) is 3.04. The number of hydrogen-bond donors (Lipinski definition) is 1. The highest BCUT2D eigenvalue weighted by Gasteiger charge is 2.06. The molecule has 1 aromatic carbocycles. The van der Waals surface area contributed by atoms with Crippen LogP contribution in [0.2, 0.25) is 0 Å². The van der Waals surface area contributed by atoms with Crippen molar-refractivity contribution in [2.45, 2.75) is 19.5 Å². The molecule has 0 saturated heterocycles. The van der Waals surface area contributed by atoms with Crippen LogP contribution in [0.3, 0.4) is 0 Å². The lowest BCUT2D eigenvalue weighted by molar-refractivity contribution is 0.726. The van der Waals surface area contributed by atoms with Gasteiger partial charge in [0.25, 0.3) is 0 Å². The van der Waals surface area contributed by atoms with E-state index in [2.05, 4.69) is 52.5 Å². The van der Waals surface area contributed by atoms with Gasteiger partial charge in [-0.1, -0.05) is 24.3 Å². The summed E-state index contributed by atoms with van der Waals surface area (Å²) in [6.45, 7) is 1.62. The Hall–Kier alpha value is -1.58. The number of aryl methyl sites for hydroxylation is 2. The van der Waals surface area contributed by atoms with Crippen molar-refractivity contribution < 1.29 is 0 Å². The van der Waals surface area contributed by atoms with Crippen molar-refractivity contribution in [2.75, 3.05) is 0 Å². The quantitative estimate of drug-likeness (QED) is 0.762. The third-order valence-electron chi connectivity index (χ3n) is 3.27. The number of nitrogens with two attached hydrogens (primary N) is 1. The Morgan fingerprint density at radius 3 is 2.78 bits per heavy atom. The van der Waals surface area contributed by atoms with Gasteiger partial charge in [-0.2, -0.15) is 0 Å². The van der Waals surface area contributed by atoms with E-state index in [0.29, 0.717) is 6.54 Å². The van der Waals surface area contributed by atoms with Gasteiger partial charge in [0.2, 0.25) is 0 Å². The summed E-state index contributed by atoms with van der Waals surface area (Å²) >= 11 is 1.82. The fourth-order valence-electron chi connectivity index (χ4n) is 2.36. The Kier molecular flexibility index (Phi) is 3.17. The van der Waals surface area contributed by atoms with Crippen LogP contribution in [0.5, 0.6) is 0 Å². The number of aromatic nitrogens is 1. The van der Waals surface area contributed by atoms with Crippen molar-refractivity contribution in [3.05, 3.63) is 58.4 Å². The van der Waals surface area contributed by atoms with E-state index in [4.69, 9.17) is 5.73 Å². The van der Waals surface area contributed by atoms with Gasteiger partial charge < -0.3 is 10.3 Å². The number of hydrogen-bond acceptors (Lipinski definition) is 2. The molecular formula is C15H16N2S. The van der Waals surface area contributed by atoms with Crippen molar-refractivity contribution in [3.8, 4) is 0 Å². The Labute approximate surface area is 111 Å². The summed E-state index contributed by atoms with van der Waals surface area (Å²) in [5.41, 5.74) is 8.33. The molecule has 18 heavy (non-hydrogen) atoms. The fraction of sp³-hybridized carbons (Fsp3) is 0.200. The highest BCUT2D eigenvalue weighted by molar-refractivity contribution is 7.09. The third-order valence-corrected chi connectivity index (χ3v) is 4.21. The molecule has 0 fully saturated rings. The molecule has 0 spiro atoms.